The lowest BCUT2D eigenvalue weighted by Gasteiger charge is -2.47. The highest BCUT2D eigenvalue weighted by atomic mass is 16.2. The maximum Gasteiger partial charge on any atom is 0.232 e. The number of aryl methyl sites for hydroxylation is 2. The maximum absolute atomic E-state index is 14.1. The number of carbonyl (C=O) groups excluding carboxylic acids is 1. The molecule has 1 N–H and O–H groups in total. The van der Waals surface area contributed by atoms with Gasteiger partial charge in [0.05, 0.1) is 10.9 Å². The molecule has 1 saturated carbocycles. The third-order valence-corrected chi connectivity index (χ3v) is 9.87. The molecule has 1 atom stereocenters. The molecule has 2 bridgehead atoms. The Morgan fingerprint density at radius 3 is 2.38 bits per heavy atom. The summed E-state index contributed by atoms with van der Waals surface area (Å²) in [6.07, 6.45) is 11.9. The first-order valence-corrected chi connectivity index (χ1v) is 15.9. The summed E-state index contributed by atoms with van der Waals surface area (Å²) in [5.74, 6) is 1.28. The third kappa shape index (κ3) is 5.64. The van der Waals surface area contributed by atoms with E-state index in [4.69, 9.17) is 0 Å². The molecule has 1 amide bonds. The van der Waals surface area contributed by atoms with Crippen LogP contribution in [0.15, 0.2) is 67.1 Å². The van der Waals surface area contributed by atoms with Crippen molar-refractivity contribution in [2.75, 3.05) is 19.6 Å². The van der Waals surface area contributed by atoms with E-state index >= 15 is 0 Å². The normalized spacial score (nSPS) is 19.4. The fourth-order valence-corrected chi connectivity index (χ4v) is 7.35. The molecule has 220 valence electrons. The van der Waals surface area contributed by atoms with Crippen LogP contribution in [0.5, 0.6) is 0 Å². The van der Waals surface area contributed by atoms with Gasteiger partial charge < -0.3 is 14.8 Å². The van der Waals surface area contributed by atoms with E-state index in [1.165, 1.54) is 64.5 Å². The molecule has 5 heteroatoms. The van der Waals surface area contributed by atoms with Crippen LogP contribution in [-0.4, -0.2) is 46.0 Å². The average Bonchev–Trinajstić information content (AvgIpc) is 3.39. The van der Waals surface area contributed by atoms with Crippen molar-refractivity contribution >= 4 is 16.8 Å². The summed E-state index contributed by atoms with van der Waals surface area (Å²) in [5.41, 5.74) is 8.07. The Morgan fingerprint density at radius 2 is 1.71 bits per heavy atom. The van der Waals surface area contributed by atoms with Crippen LogP contribution in [-0.2, 0) is 16.6 Å². The number of nitrogens with one attached hydrogen (secondary N) is 1. The van der Waals surface area contributed by atoms with E-state index in [0.29, 0.717) is 17.9 Å². The fraction of sp³-hybridized carbons (Fsp3) is 0.459. The zero-order chi connectivity index (χ0) is 29.4. The van der Waals surface area contributed by atoms with E-state index in [1.54, 1.807) is 0 Å². The standard InChI is InChI=1S/C37H46N4O/c1-25-18-26(2)20-32(19-25)40-24-34(27(3)22-39-17-14-28-12-15-38-16-13-28)33-21-30(8-11-35(33)40)37(4,5)36(42)41-23-29-6-9-31(41)10-7-29/h8,11-13,15-16,18-21,24,27,29,31,39H,6-7,9-10,14,17,22-23H2,1-5H3/t27-,29?,31?/m1/s1. The van der Waals surface area contributed by atoms with Crippen molar-refractivity contribution in [3.63, 3.8) is 0 Å². The van der Waals surface area contributed by atoms with Gasteiger partial charge >= 0.3 is 0 Å². The van der Waals surface area contributed by atoms with Crippen molar-refractivity contribution < 1.29 is 4.79 Å². The highest BCUT2D eigenvalue weighted by Gasteiger charge is 2.42. The molecule has 1 aliphatic carbocycles. The number of piperidine rings is 2. The number of aromatic nitrogens is 2. The number of hydrogen-bond donors (Lipinski definition) is 1. The fourth-order valence-electron chi connectivity index (χ4n) is 7.35. The minimum atomic E-state index is -0.572. The van der Waals surface area contributed by atoms with Crippen LogP contribution in [0.1, 0.15) is 80.2 Å². The number of amides is 1. The third-order valence-electron chi connectivity index (χ3n) is 9.87. The number of carbonyl (C=O) groups is 1. The zero-order valence-corrected chi connectivity index (χ0v) is 26.0. The average molecular weight is 563 g/mol. The molecule has 2 aliphatic heterocycles. The van der Waals surface area contributed by atoms with Gasteiger partial charge in [-0.1, -0.05) is 19.1 Å². The van der Waals surface area contributed by atoms with Gasteiger partial charge in [0, 0.05) is 48.8 Å². The van der Waals surface area contributed by atoms with E-state index in [-0.39, 0.29) is 5.91 Å². The lowest BCUT2D eigenvalue weighted by Crippen LogP contribution is -2.55. The summed E-state index contributed by atoms with van der Waals surface area (Å²) in [6.45, 7) is 13.7. The second kappa shape index (κ2) is 11.7. The first kappa shape index (κ1) is 28.7. The zero-order valence-electron chi connectivity index (χ0n) is 26.0. The van der Waals surface area contributed by atoms with E-state index in [2.05, 4.69) is 109 Å². The van der Waals surface area contributed by atoms with Crippen molar-refractivity contribution in [1.82, 2.24) is 19.8 Å². The molecule has 2 aromatic heterocycles. The summed E-state index contributed by atoms with van der Waals surface area (Å²) in [6, 6.07) is 18.1. The quantitative estimate of drug-likeness (QED) is 0.219. The second-order valence-electron chi connectivity index (χ2n) is 13.5. The minimum absolute atomic E-state index is 0.289. The molecule has 2 aromatic carbocycles. The van der Waals surface area contributed by atoms with Crippen LogP contribution in [0.3, 0.4) is 0 Å². The van der Waals surface area contributed by atoms with Crippen LogP contribution < -0.4 is 5.32 Å². The summed E-state index contributed by atoms with van der Waals surface area (Å²) in [5, 5.41) is 4.94. The first-order chi connectivity index (χ1) is 20.2. The van der Waals surface area contributed by atoms with Crippen molar-refractivity contribution in [1.29, 1.82) is 0 Å². The molecule has 42 heavy (non-hydrogen) atoms. The lowest BCUT2D eigenvalue weighted by atomic mass is 9.76. The molecule has 5 nitrogen and oxygen atoms in total. The summed E-state index contributed by atoms with van der Waals surface area (Å²) < 4.78 is 2.35. The molecule has 4 aromatic rings. The smallest absolute Gasteiger partial charge is 0.232 e. The monoisotopic (exact) mass is 562 g/mol. The van der Waals surface area contributed by atoms with Gasteiger partial charge in [0.1, 0.15) is 0 Å². The first-order valence-electron chi connectivity index (χ1n) is 15.9. The summed E-state index contributed by atoms with van der Waals surface area (Å²) in [7, 11) is 0. The van der Waals surface area contributed by atoms with Gasteiger partial charge in [-0.25, -0.2) is 0 Å². The van der Waals surface area contributed by atoms with E-state index in [0.717, 1.165) is 31.6 Å². The van der Waals surface area contributed by atoms with Crippen molar-refractivity contribution in [2.24, 2.45) is 5.92 Å². The molecule has 0 unspecified atom stereocenters. The largest absolute Gasteiger partial charge is 0.339 e. The Labute approximate surface area is 251 Å². The number of benzene rings is 2. The summed E-state index contributed by atoms with van der Waals surface area (Å²) >= 11 is 0. The number of nitrogens with zero attached hydrogens (tertiary/aromatic N) is 3. The Hall–Kier alpha value is -3.44. The summed E-state index contributed by atoms with van der Waals surface area (Å²) in [4.78, 5) is 20.4. The molecular weight excluding hydrogens is 516 g/mol. The Balaban J connectivity index is 1.32. The number of fused-ring (bicyclic) bond motifs is 4. The SMILES string of the molecule is Cc1cc(C)cc(-n2cc([C@H](C)CNCCc3ccncc3)c3cc(C(C)(C)C(=O)N4CC5CCC4CC5)ccc32)c1. The van der Waals surface area contributed by atoms with E-state index in [9.17, 15) is 4.79 Å². The van der Waals surface area contributed by atoms with Gasteiger partial charge in [-0.15, -0.1) is 0 Å². The van der Waals surface area contributed by atoms with Crippen LogP contribution >= 0.6 is 0 Å². The van der Waals surface area contributed by atoms with Gasteiger partial charge in [0.15, 0.2) is 0 Å². The number of rotatable bonds is 9. The maximum atomic E-state index is 14.1. The molecule has 7 rings (SSSR count). The van der Waals surface area contributed by atoms with Gasteiger partial charge in [-0.3, -0.25) is 9.78 Å². The predicted molar refractivity (Wildman–Crippen MR) is 172 cm³/mol. The van der Waals surface area contributed by atoms with Gasteiger partial charge in [0.2, 0.25) is 5.91 Å². The van der Waals surface area contributed by atoms with Gasteiger partial charge in [-0.2, -0.15) is 0 Å². The molecule has 2 saturated heterocycles. The predicted octanol–water partition coefficient (Wildman–Crippen LogP) is 7.26. The Morgan fingerprint density at radius 1 is 1.00 bits per heavy atom. The van der Waals surface area contributed by atoms with Crippen LogP contribution in [0.25, 0.3) is 16.6 Å². The van der Waals surface area contributed by atoms with E-state index in [1.807, 2.05) is 12.4 Å². The second-order valence-corrected chi connectivity index (χ2v) is 13.5. The van der Waals surface area contributed by atoms with Crippen molar-refractivity contribution in [3.8, 4) is 5.69 Å². The van der Waals surface area contributed by atoms with Crippen LogP contribution in [0.2, 0.25) is 0 Å². The molecule has 3 aliphatic rings. The molecule has 4 heterocycles. The van der Waals surface area contributed by atoms with Crippen molar-refractivity contribution in [3.05, 3.63) is 94.9 Å². The number of pyridine rings is 1. The van der Waals surface area contributed by atoms with E-state index < -0.39 is 5.41 Å². The highest BCUT2D eigenvalue weighted by Crippen LogP contribution is 2.39. The van der Waals surface area contributed by atoms with Crippen molar-refractivity contribution in [2.45, 2.75) is 84.1 Å². The Kier molecular flexibility index (Phi) is 7.97. The topological polar surface area (TPSA) is 50.2 Å². The highest BCUT2D eigenvalue weighted by molar-refractivity contribution is 5.92. The molecular formula is C37H46N4O. The lowest BCUT2D eigenvalue weighted by molar-refractivity contribution is -0.144. The molecule has 0 radical (unpaired) electrons. The van der Waals surface area contributed by atoms with Gasteiger partial charge in [0.25, 0.3) is 0 Å². The minimum Gasteiger partial charge on any atom is -0.339 e. The van der Waals surface area contributed by atoms with Crippen LogP contribution in [0, 0.1) is 19.8 Å². The Bertz CT molecular complexity index is 1540. The van der Waals surface area contributed by atoms with Crippen LogP contribution in [0.4, 0.5) is 0 Å². The molecule has 3 fully saturated rings. The van der Waals surface area contributed by atoms with Gasteiger partial charge in [-0.05, 0) is 142 Å². The number of hydrogen-bond acceptors (Lipinski definition) is 3. The molecule has 0 spiro atoms.